The van der Waals surface area contributed by atoms with Crippen LogP contribution in [0.4, 0.5) is 0 Å². The molecule has 70 valence electrons. The molecule has 1 rings (SSSR count). The first kappa shape index (κ1) is 9.58. The number of ether oxygens (including phenoxy) is 1. The summed E-state index contributed by atoms with van der Waals surface area (Å²) in [5.41, 5.74) is 1.44. The van der Waals surface area contributed by atoms with Crippen LogP contribution < -0.4 is 4.74 Å². The van der Waals surface area contributed by atoms with Crippen LogP contribution in [-0.4, -0.2) is 11.1 Å². The average molecular weight is 180 g/mol. The van der Waals surface area contributed by atoms with Gasteiger partial charge in [-0.05, 0) is 37.1 Å². The van der Waals surface area contributed by atoms with Gasteiger partial charge in [0.2, 0.25) is 0 Å². The van der Waals surface area contributed by atoms with Crippen molar-refractivity contribution in [1.82, 2.24) is 0 Å². The topological polar surface area (TPSA) is 46.5 Å². The van der Waals surface area contributed by atoms with Gasteiger partial charge >= 0.3 is 5.97 Å². The number of rotatable bonds is 1. The van der Waals surface area contributed by atoms with E-state index >= 15 is 0 Å². The molecule has 0 saturated heterocycles. The minimum absolute atomic E-state index is 0.216. The fraction of sp³-hybridized carbons (Fsp3) is 0.300. The molecule has 0 amide bonds. The van der Waals surface area contributed by atoms with Gasteiger partial charge in [0.05, 0.1) is 0 Å². The maximum absolute atomic E-state index is 10.7. The molecular weight excluding hydrogens is 168 g/mol. The molecule has 0 spiro atoms. The first-order valence-electron chi connectivity index (χ1n) is 3.99. The van der Waals surface area contributed by atoms with Crippen LogP contribution in [0.1, 0.15) is 18.1 Å². The van der Waals surface area contributed by atoms with Gasteiger partial charge in [-0.15, -0.1) is 0 Å². The summed E-state index contributed by atoms with van der Waals surface area (Å²) in [5, 5.41) is 9.32. The third-order valence-corrected chi connectivity index (χ3v) is 1.75. The van der Waals surface area contributed by atoms with Crippen molar-refractivity contribution < 1.29 is 14.6 Å². The van der Waals surface area contributed by atoms with Gasteiger partial charge in [0, 0.05) is 6.92 Å². The highest BCUT2D eigenvalue weighted by Crippen LogP contribution is 2.26. The van der Waals surface area contributed by atoms with Crippen LogP contribution in [0, 0.1) is 13.8 Å². The molecule has 1 N–H and O–H groups in total. The largest absolute Gasteiger partial charge is 0.508 e. The van der Waals surface area contributed by atoms with E-state index in [4.69, 9.17) is 4.74 Å². The lowest BCUT2D eigenvalue weighted by Crippen LogP contribution is -2.02. The number of phenols is 1. The number of carbonyl (C=O) groups is 1. The van der Waals surface area contributed by atoms with Crippen molar-refractivity contribution in [1.29, 1.82) is 0 Å². The Kier molecular flexibility index (Phi) is 2.56. The standard InChI is InChI=1S/C10H12O3/c1-6-5-10(13-8(3)11)7(2)4-9(6)12/h4-5,12H,1-3H3. The smallest absolute Gasteiger partial charge is 0.308 e. The Hall–Kier alpha value is -1.51. The van der Waals surface area contributed by atoms with Crippen molar-refractivity contribution in [2.45, 2.75) is 20.8 Å². The molecule has 0 aromatic heterocycles. The third-order valence-electron chi connectivity index (χ3n) is 1.75. The van der Waals surface area contributed by atoms with Crippen molar-refractivity contribution in [3.8, 4) is 11.5 Å². The Morgan fingerprint density at radius 3 is 2.46 bits per heavy atom. The summed E-state index contributed by atoms with van der Waals surface area (Å²) in [4.78, 5) is 10.7. The summed E-state index contributed by atoms with van der Waals surface area (Å²) in [6.07, 6.45) is 0. The molecule has 0 aliphatic heterocycles. The molecule has 0 radical (unpaired) electrons. The summed E-state index contributed by atoms with van der Waals surface area (Å²) in [6.45, 7) is 4.88. The number of hydrogen-bond acceptors (Lipinski definition) is 3. The number of benzene rings is 1. The van der Waals surface area contributed by atoms with E-state index in [2.05, 4.69) is 0 Å². The van der Waals surface area contributed by atoms with Crippen LogP contribution in [0.2, 0.25) is 0 Å². The molecule has 0 saturated carbocycles. The van der Waals surface area contributed by atoms with Crippen molar-refractivity contribution >= 4 is 5.97 Å². The Bertz CT molecular complexity index is 342. The van der Waals surface area contributed by atoms with Crippen molar-refractivity contribution in [3.63, 3.8) is 0 Å². The highest BCUT2D eigenvalue weighted by Gasteiger charge is 2.05. The summed E-state index contributed by atoms with van der Waals surface area (Å²) in [6, 6.07) is 3.22. The maximum atomic E-state index is 10.7. The van der Waals surface area contributed by atoms with Crippen LogP contribution in [0.3, 0.4) is 0 Å². The number of phenolic OH excluding ortho intramolecular Hbond substituents is 1. The zero-order valence-electron chi connectivity index (χ0n) is 7.92. The molecule has 0 heterocycles. The van der Waals surface area contributed by atoms with E-state index in [1.165, 1.54) is 6.92 Å². The molecule has 3 heteroatoms. The summed E-state index contributed by atoms with van der Waals surface area (Å²) in [5.74, 6) is 0.365. The summed E-state index contributed by atoms with van der Waals surface area (Å²) < 4.78 is 4.93. The molecule has 0 aliphatic rings. The van der Waals surface area contributed by atoms with Gasteiger partial charge in [-0.1, -0.05) is 0 Å². The lowest BCUT2D eigenvalue weighted by Gasteiger charge is -2.07. The van der Waals surface area contributed by atoms with Crippen LogP contribution in [0.15, 0.2) is 12.1 Å². The number of aromatic hydroxyl groups is 1. The molecule has 3 nitrogen and oxygen atoms in total. The summed E-state index contributed by atoms with van der Waals surface area (Å²) >= 11 is 0. The molecular formula is C10H12O3. The zero-order chi connectivity index (χ0) is 10.0. The predicted molar refractivity (Wildman–Crippen MR) is 48.9 cm³/mol. The van der Waals surface area contributed by atoms with Crippen molar-refractivity contribution in [3.05, 3.63) is 23.3 Å². The van der Waals surface area contributed by atoms with Crippen molar-refractivity contribution in [2.24, 2.45) is 0 Å². The fourth-order valence-electron chi connectivity index (χ4n) is 1.04. The van der Waals surface area contributed by atoms with Crippen LogP contribution in [0.5, 0.6) is 11.5 Å². The van der Waals surface area contributed by atoms with Crippen LogP contribution in [-0.2, 0) is 4.79 Å². The second-order valence-electron chi connectivity index (χ2n) is 3.00. The molecule has 13 heavy (non-hydrogen) atoms. The molecule has 0 atom stereocenters. The lowest BCUT2D eigenvalue weighted by atomic mass is 10.1. The zero-order valence-corrected chi connectivity index (χ0v) is 7.92. The Morgan fingerprint density at radius 1 is 1.31 bits per heavy atom. The number of esters is 1. The molecule has 1 aromatic rings. The fourth-order valence-corrected chi connectivity index (χ4v) is 1.04. The third kappa shape index (κ3) is 2.21. The Morgan fingerprint density at radius 2 is 1.92 bits per heavy atom. The SMILES string of the molecule is CC(=O)Oc1cc(C)c(O)cc1C. The quantitative estimate of drug-likeness (QED) is 0.530. The van der Waals surface area contributed by atoms with Gasteiger partial charge < -0.3 is 9.84 Å². The van der Waals surface area contributed by atoms with E-state index in [1.54, 1.807) is 26.0 Å². The Labute approximate surface area is 77.0 Å². The maximum Gasteiger partial charge on any atom is 0.308 e. The molecule has 0 aliphatic carbocycles. The minimum Gasteiger partial charge on any atom is -0.508 e. The molecule has 0 unspecified atom stereocenters. The first-order valence-corrected chi connectivity index (χ1v) is 3.99. The van der Waals surface area contributed by atoms with E-state index in [0.717, 1.165) is 5.56 Å². The van der Waals surface area contributed by atoms with Gasteiger partial charge in [-0.3, -0.25) is 4.79 Å². The van der Waals surface area contributed by atoms with Gasteiger partial charge in [0.15, 0.2) is 0 Å². The van der Waals surface area contributed by atoms with Crippen LogP contribution >= 0.6 is 0 Å². The lowest BCUT2D eigenvalue weighted by molar-refractivity contribution is -0.131. The van der Waals surface area contributed by atoms with E-state index in [-0.39, 0.29) is 11.7 Å². The van der Waals surface area contributed by atoms with E-state index in [9.17, 15) is 9.90 Å². The molecule has 0 fully saturated rings. The monoisotopic (exact) mass is 180 g/mol. The number of hydrogen-bond donors (Lipinski definition) is 1. The van der Waals surface area contributed by atoms with Gasteiger partial charge in [0.25, 0.3) is 0 Å². The predicted octanol–water partition coefficient (Wildman–Crippen LogP) is 1.93. The number of aryl methyl sites for hydroxylation is 2. The molecule has 0 bridgehead atoms. The minimum atomic E-state index is -0.354. The number of carbonyl (C=O) groups excluding carboxylic acids is 1. The second kappa shape index (κ2) is 3.47. The first-order chi connectivity index (χ1) is 6.00. The van der Waals surface area contributed by atoms with Crippen molar-refractivity contribution in [2.75, 3.05) is 0 Å². The normalized spacial score (nSPS) is 9.77. The second-order valence-corrected chi connectivity index (χ2v) is 3.00. The van der Waals surface area contributed by atoms with Gasteiger partial charge in [-0.2, -0.15) is 0 Å². The average Bonchev–Trinajstić information content (AvgIpc) is 1.99. The van der Waals surface area contributed by atoms with E-state index in [1.807, 2.05) is 0 Å². The van der Waals surface area contributed by atoms with E-state index < -0.39 is 0 Å². The van der Waals surface area contributed by atoms with E-state index in [0.29, 0.717) is 11.3 Å². The molecule has 1 aromatic carbocycles. The summed E-state index contributed by atoms with van der Waals surface area (Å²) in [7, 11) is 0. The highest BCUT2D eigenvalue weighted by atomic mass is 16.5. The van der Waals surface area contributed by atoms with Crippen LogP contribution in [0.25, 0.3) is 0 Å². The Balaban J connectivity index is 3.08. The van der Waals surface area contributed by atoms with Gasteiger partial charge in [0.1, 0.15) is 11.5 Å². The highest BCUT2D eigenvalue weighted by molar-refractivity contribution is 5.70. The van der Waals surface area contributed by atoms with Gasteiger partial charge in [-0.25, -0.2) is 0 Å².